The zero-order chi connectivity index (χ0) is 17.9. The Kier molecular flexibility index (Phi) is 4.60. The van der Waals surface area contributed by atoms with Gasteiger partial charge in [-0.3, -0.25) is 4.79 Å². The molecule has 7 nitrogen and oxygen atoms in total. The third-order valence-electron chi connectivity index (χ3n) is 4.97. The molecule has 3 amide bonds. The monoisotopic (exact) mass is 353 g/mol. The number of nitrogens with one attached hydrogen (secondary N) is 2. The maximum atomic E-state index is 12.4. The first kappa shape index (κ1) is 16.6. The van der Waals surface area contributed by atoms with Crippen LogP contribution >= 0.6 is 0 Å². The molecule has 2 N–H and O–H groups in total. The quantitative estimate of drug-likeness (QED) is 0.886. The summed E-state index contributed by atoms with van der Waals surface area (Å²) in [4.78, 5) is 26.4. The van der Waals surface area contributed by atoms with Crippen LogP contribution in [0.4, 0.5) is 10.5 Å². The van der Waals surface area contributed by atoms with Crippen LogP contribution in [0.5, 0.6) is 0 Å². The highest BCUT2D eigenvalue weighted by Crippen LogP contribution is 2.31. The van der Waals surface area contributed by atoms with E-state index in [1.807, 2.05) is 41.4 Å². The molecule has 7 heteroatoms. The van der Waals surface area contributed by atoms with E-state index >= 15 is 0 Å². The molecule has 2 heterocycles. The second kappa shape index (κ2) is 7.19. The molecule has 0 spiro atoms. The zero-order valence-corrected chi connectivity index (χ0v) is 14.6. The fraction of sp³-hybridized carbons (Fsp3) is 0.421. The molecule has 0 unspecified atom stereocenters. The van der Waals surface area contributed by atoms with Crippen molar-refractivity contribution in [1.82, 2.24) is 20.0 Å². The lowest BCUT2D eigenvalue weighted by Gasteiger charge is -2.32. The van der Waals surface area contributed by atoms with Crippen molar-refractivity contribution < 1.29 is 9.59 Å². The van der Waals surface area contributed by atoms with Crippen LogP contribution in [0.15, 0.2) is 42.7 Å². The standard InChI is InChI=1S/C19H23N5O2/c25-18(14-6-7-14)23-12-8-15(9-13-23)21-19(26)22-16-4-1-2-5-17(16)24-11-3-10-20-24/h1-5,10-11,14-15H,6-9,12-13H2,(H2,21,22,26). The van der Waals surface area contributed by atoms with E-state index in [-0.39, 0.29) is 18.0 Å². The van der Waals surface area contributed by atoms with Gasteiger partial charge < -0.3 is 15.5 Å². The predicted octanol–water partition coefficient (Wildman–Crippen LogP) is 2.39. The minimum absolute atomic E-state index is 0.0927. The number of carbonyl (C=O) groups excluding carboxylic acids is 2. The maximum absolute atomic E-state index is 12.4. The van der Waals surface area contributed by atoms with E-state index in [0.29, 0.717) is 11.6 Å². The molecular weight excluding hydrogens is 330 g/mol. The number of piperidine rings is 1. The Morgan fingerprint density at radius 3 is 2.50 bits per heavy atom. The van der Waals surface area contributed by atoms with Gasteiger partial charge >= 0.3 is 6.03 Å². The van der Waals surface area contributed by atoms with Crippen LogP contribution in [-0.2, 0) is 4.79 Å². The molecule has 2 aliphatic rings. The lowest BCUT2D eigenvalue weighted by atomic mass is 10.0. The molecule has 0 radical (unpaired) electrons. The van der Waals surface area contributed by atoms with Crippen molar-refractivity contribution in [2.75, 3.05) is 18.4 Å². The number of aromatic nitrogens is 2. The smallest absolute Gasteiger partial charge is 0.319 e. The first-order chi connectivity index (χ1) is 12.7. The van der Waals surface area contributed by atoms with E-state index in [1.54, 1.807) is 10.9 Å². The number of anilines is 1. The third-order valence-corrected chi connectivity index (χ3v) is 4.97. The molecule has 26 heavy (non-hydrogen) atoms. The van der Waals surface area contributed by atoms with Crippen molar-refractivity contribution in [3.05, 3.63) is 42.7 Å². The minimum atomic E-state index is -0.225. The van der Waals surface area contributed by atoms with Crippen molar-refractivity contribution in [2.24, 2.45) is 5.92 Å². The number of rotatable bonds is 4. The number of amides is 3. The van der Waals surface area contributed by atoms with E-state index in [2.05, 4.69) is 15.7 Å². The SMILES string of the molecule is O=C(Nc1ccccc1-n1cccn1)NC1CCN(C(=O)C2CC2)CC1. The molecule has 1 aliphatic heterocycles. The van der Waals surface area contributed by atoms with E-state index in [1.165, 1.54) is 0 Å². The topological polar surface area (TPSA) is 79.3 Å². The lowest BCUT2D eigenvalue weighted by molar-refractivity contribution is -0.133. The Labute approximate surface area is 152 Å². The molecule has 0 atom stereocenters. The highest BCUT2D eigenvalue weighted by molar-refractivity contribution is 5.91. The summed E-state index contributed by atoms with van der Waals surface area (Å²) in [7, 11) is 0. The van der Waals surface area contributed by atoms with Crippen LogP contribution in [-0.4, -0.2) is 45.8 Å². The van der Waals surface area contributed by atoms with Gasteiger partial charge in [0.1, 0.15) is 0 Å². The van der Waals surface area contributed by atoms with Gasteiger partial charge in [0.25, 0.3) is 0 Å². The van der Waals surface area contributed by atoms with Gasteiger partial charge in [-0.05, 0) is 43.9 Å². The van der Waals surface area contributed by atoms with E-state index < -0.39 is 0 Å². The van der Waals surface area contributed by atoms with Crippen molar-refractivity contribution in [1.29, 1.82) is 0 Å². The summed E-state index contributed by atoms with van der Waals surface area (Å²) in [6.07, 6.45) is 7.21. The summed E-state index contributed by atoms with van der Waals surface area (Å²) < 4.78 is 1.72. The summed E-state index contributed by atoms with van der Waals surface area (Å²) in [5.74, 6) is 0.558. The molecule has 1 aromatic heterocycles. The molecule has 1 aromatic carbocycles. The van der Waals surface area contributed by atoms with E-state index in [9.17, 15) is 9.59 Å². The van der Waals surface area contributed by atoms with Crippen LogP contribution in [0.3, 0.4) is 0 Å². The van der Waals surface area contributed by atoms with Gasteiger partial charge in [-0.2, -0.15) is 5.10 Å². The summed E-state index contributed by atoms with van der Waals surface area (Å²) in [5, 5.41) is 10.2. The van der Waals surface area contributed by atoms with Gasteiger partial charge in [0, 0.05) is 37.4 Å². The second-order valence-electron chi connectivity index (χ2n) is 6.94. The van der Waals surface area contributed by atoms with Gasteiger partial charge in [0.05, 0.1) is 11.4 Å². The van der Waals surface area contributed by atoms with Crippen LogP contribution in [0.25, 0.3) is 5.69 Å². The Balaban J connectivity index is 1.32. The second-order valence-corrected chi connectivity index (χ2v) is 6.94. The summed E-state index contributed by atoms with van der Waals surface area (Å²) >= 11 is 0. The zero-order valence-electron chi connectivity index (χ0n) is 14.6. The van der Waals surface area contributed by atoms with E-state index in [4.69, 9.17) is 0 Å². The highest BCUT2D eigenvalue weighted by atomic mass is 16.2. The number of para-hydroxylation sites is 2. The van der Waals surface area contributed by atoms with Gasteiger partial charge in [-0.25, -0.2) is 9.48 Å². The molecule has 1 saturated carbocycles. The predicted molar refractivity (Wildman–Crippen MR) is 98.0 cm³/mol. The number of benzene rings is 1. The molecule has 2 fully saturated rings. The Hall–Kier alpha value is -2.83. The summed E-state index contributed by atoms with van der Waals surface area (Å²) in [5.41, 5.74) is 1.52. The largest absolute Gasteiger partial charge is 0.342 e. The van der Waals surface area contributed by atoms with Gasteiger partial charge in [0.2, 0.25) is 5.91 Å². The number of urea groups is 1. The van der Waals surface area contributed by atoms with Crippen LogP contribution in [0, 0.1) is 5.92 Å². The number of likely N-dealkylation sites (tertiary alicyclic amines) is 1. The van der Waals surface area contributed by atoms with Gasteiger partial charge in [-0.15, -0.1) is 0 Å². The van der Waals surface area contributed by atoms with E-state index in [0.717, 1.165) is 44.5 Å². The molecule has 2 aromatic rings. The van der Waals surface area contributed by atoms with Gasteiger partial charge in [-0.1, -0.05) is 12.1 Å². The van der Waals surface area contributed by atoms with Crippen molar-refractivity contribution >= 4 is 17.6 Å². The van der Waals surface area contributed by atoms with Crippen LogP contribution in [0.2, 0.25) is 0 Å². The Bertz CT molecular complexity index is 777. The third kappa shape index (κ3) is 3.71. The average Bonchev–Trinajstić information content (AvgIpc) is 3.37. The number of hydrogen-bond donors (Lipinski definition) is 2. The van der Waals surface area contributed by atoms with Crippen molar-refractivity contribution in [3.8, 4) is 5.69 Å². The lowest BCUT2D eigenvalue weighted by Crippen LogP contribution is -2.48. The molecule has 0 bridgehead atoms. The van der Waals surface area contributed by atoms with Crippen molar-refractivity contribution in [2.45, 2.75) is 31.7 Å². The molecule has 1 saturated heterocycles. The average molecular weight is 353 g/mol. The molecular formula is C19H23N5O2. The van der Waals surface area contributed by atoms with Crippen molar-refractivity contribution in [3.63, 3.8) is 0 Å². The normalized spacial score (nSPS) is 17.8. The summed E-state index contributed by atoms with van der Waals surface area (Å²) in [6.45, 7) is 1.45. The van der Waals surface area contributed by atoms with Crippen LogP contribution in [0.1, 0.15) is 25.7 Å². The highest BCUT2D eigenvalue weighted by Gasteiger charge is 2.35. The fourth-order valence-electron chi connectivity index (χ4n) is 3.37. The maximum Gasteiger partial charge on any atom is 0.319 e. The number of hydrogen-bond acceptors (Lipinski definition) is 3. The Morgan fingerprint density at radius 2 is 1.81 bits per heavy atom. The van der Waals surface area contributed by atoms with Gasteiger partial charge in [0.15, 0.2) is 0 Å². The number of carbonyl (C=O) groups is 2. The Morgan fingerprint density at radius 1 is 1.04 bits per heavy atom. The minimum Gasteiger partial charge on any atom is -0.342 e. The molecule has 136 valence electrons. The molecule has 4 rings (SSSR count). The van der Waals surface area contributed by atoms with Crippen LogP contribution < -0.4 is 10.6 Å². The first-order valence-corrected chi connectivity index (χ1v) is 9.16. The number of nitrogens with zero attached hydrogens (tertiary/aromatic N) is 3. The first-order valence-electron chi connectivity index (χ1n) is 9.16. The fourth-order valence-corrected chi connectivity index (χ4v) is 3.37. The molecule has 1 aliphatic carbocycles. The summed E-state index contributed by atoms with van der Waals surface area (Å²) in [6, 6.07) is 9.26.